The zero-order valence-electron chi connectivity index (χ0n) is 10.3. The Kier molecular flexibility index (Phi) is 3.38. The lowest BCUT2D eigenvalue weighted by Crippen LogP contribution is -2.12. The van der Waals surface area contributed by atoms with Gasteiger partial charge >= 0.3 is 0 Å². The normalized spacial score (nSPS) is 10.7. The van der Waals surface area contributed by atoms with E-state index in [1.165, 1.54) is 0 Å². The summed E-state index contributed by atoms with van der Waals surface area (Å²) in [6, 6.07) is 12.3. The molecule has 20 heavy (non-hydrogen) atoms. The van der Waals surface area contributed by atoms with E-state index in [4.69, 9.17) is 23.2 Å². The number of hydrogen-bond acceptors (Lipinski definition) is 1. The Labute approximate surface area is 125 Å². The molecule has 0 saturated carbocycles. The van der Waals surface area contributed by atoms with Gasteiger partial charge in [0.2, 0.25) is 0 Å². The molecule has 0 fully saturated rings. The molecule has 0 bridgehead atoms. The van der Waals surface area contributed by atoms with E-state index in [-0.39, 0.29) is 5.91 Å². The number of benzene rings is 2. The van der Waals surface area contributed by atoms with Gasteiger partial charge < -0.3 is 10.3 Å². The standard InChI is InChI=1S/C15H10Cl2N2O/c16-9-4-5-12(17)14(8-9)19-15(20)11-2-1-3-13-10(11)6-7-18-13/h1-8,18H,(H,19,20). The third-order valence-electron chi connectivity index (χ3n) is 3.02. The highest BCUT2D eigenvalue weighted by molar-refractivity contribution is 6.36. The zero-order valence-corrected chi connectivity index (χ0v) is 11.8. The van der Waals surface area contributed by atoms with Gasteiger partial charge in [0, 0.05) is 27.7 Å². The Morgan fingerprint density at radius 2 is 1.95 bits per heavy atom. The molecule has 5 heteroatoms. The maximum absolute atomic E-state index is 12.4. The predicted octanol–water partition coefficient (Wildman–Crippen LogP) is 4.73. The minimum Gasteiger partial charge on any atom is -0.361 e. The van der Waals surface area contributed by atoms with Crippen LogP contribution in [0.5, 0.6) is 0 Å². The van der Waals surface area contributed by atoms with Crippen LogP contribution in [0, 0.1) is 0 Å². The van der Waals surface area contributed by atoms with Crippen molar-refractivity contribution in [2.45, 2.75) is 0 Å². The van der Waals surface area contributed by atoms with Gasteiger partial charge in [-0.2, -0.15) is 0 Å². The second-order valence-corrected chi connectivity index (χ2v) is 5.17. The van der Waals surface area contributed by atoms with Gasteiger partial charge in [-0.15, -0.1) is 0 Å². The molecule has 0 spiro atoms. The van der Waals surface area contributed by atoms with Crippen molar-refractivity contribution in [1.29, 1.82) is 0 Å². The maximum Gasteiger partial charge on any atom is 0.256 e. The van der Waals surface area contributed by atoms with Crippen LogP contribution in [0.3, 0.4) is 0 Å². The smallest absolute Gasteiger partial charge is 0.256 e. The van der Waals surface area contributed by atoms with E-state index in [1.807, 2.05) is 18.2 Å². The summed E-state index contributed by atoms with van der Waals surface area (Å²) in [5.41, 5.74) is 1.99. The first-order chi connectivity index (χ1) is 9.65. The lowest BCUT2D eigenvalue weighted by atomic mass is 10.1. The highest BCUT2D eigenvalue weighted by Crippen LogP contribution is 2.26. The zero-order chi connectivity index (χ0) is 14.1. The number of halogens is 2. The lowest BCUT2D eigenvalue weighted by Gasteiger charge is -2.08. The summed E-state index contributed by atoms with van der Waals surface area (Å²) in [4.78, 5) is 15.4. The number of rotatable bonds is 2. The molecule has 3 rings (SSSR count). The van der Waals surface area contributed by atoms with E-state index in [9.17, 15) is 4.79 Å². The number of aromatic amines is 1. The highest BCUT2D eigenvalue weighted by atomic mass is 35.5. The third-order valence-corrected chi connectivity index (χ3v) is 3.58. The molecule has 0 unspecified atom stereocenters. The number of nitrogens with one attached hydrogen (secondary N) is 2. The van der Waals surface area contributed by atoms with Crippen molar-refractivity contribution in [2.24, 2.45) is 0 Å². The molecule has 0 aliphatic carbocycles. The average molecular weight is 305 g/mol. The van der Waals surface area contributed by atoms with Gasteiger partial charge in [-0.3, -0.25) is 4.79 Å². The van der Waals surface area contributed by atoms with Gasteiger partial charge in [0.05, 0.1) is 10.7 Å². The molecule has 3 nitrogen and oxygen atoms in total. The summed E-state index contributed by atoms with van der Waals surface area (Å²) in [7, 11) is 0. The van der Waals surface area contributed by atoms with Crippen LogP contribution in [0.15, 0.2) is 48.7 Å². The largest absolute Gasteiger partial charge is 0.361 e. The van der Waals surface area contributed by atoms with Crippen molar-refractivity contribution < 1.29 is 4.79 Å². The summed E-state index contributed by atoms with van der Waals surface area (Å²) >= 11 is 12.0. The number of carbonyl (C=O) groups is 1. The summed E-state index contributed by atoms with van der Waals surface area (Å²) in [6.45, 7) is 0. The molecular weight excluding hydrogens is 295 g/mol. The molecule has 0 radical (unpaired) electrons. The molecule has 0 saturated heterocycles. The van der Waals surface area contributed by atoms with Crippen molar-refractivity contribution in [3.8, 4) is 0 Å². The first-order valence-electron chi connectivity index (χ1n) is 5.97. The van der Waals surface area contributed by atoms with E-state index in [1.54, 1.807) is 30.5 Å². The molecule has 1 aromatic heterocycles. The van der Waals surface area contributed by atoms with Gasteiger partial charge in [-0.05, 0) is 36.4 Å². The van der Waals surface area contributed by atoms with Crippen molar-refractivity contribution in [3.05, 3.63) is 64.3 Å². The minimum absolute atomic E-state index is 0.223. The number of anilines is 1. The number of hydrogen-bond donors (Lipinski definition) is 2. The van der Waals surface area contributed by atoms with E-state index in [0.29, 0.717) is 21.3 Å². The Morgan fingerprint density at radius 3 is 2.80 bits per heavy atom. The summed E-state index contributed by atoms with van der Waals surface area (Å²) in [5, 5.41) is 4.61. The Hall–Kier alpha value is -1.97. The van der Waals surface area contributed by atoms with Crippen LogP contribution < -0.4 is 5.32 Å². The van der Waals surface area contributed by atoms with Gasteiger partial charge in [-0.1, -0.05) is 29.3 Å². The molecule has 1 amide bonds. The van der Waals surface area contributed by atoms with E-state index < -0.39 is 0 Å². The van der Waals surface area contributed by atoms with Crippen LogP contribution in [-0.4, -0.2) is 10.9 Å². The fourth-order valence-corrected chi connectivity index (χ4v) is 2.40. The fourth-order valence-electron chi connectivity index (χ4n) is 2.07. The molecule has 0 atom stereocenters. The predicted molar refractivity (Wildman–Crippen MR) is 82.7 cm³/mol. The number of carbonyl (C=O) groups excluding carboxylic acids is 1. The molecule has 0 aliphatic heterocycles. The first-order valence-corrected chi connectivity index (χ1v) is 6.73. The fraction of sp³-hybridized carbons (Fsp3) is 0. The second-order valence-electron chi connectivity index (χ2n) is 4.32. The second kappa shape index (κ2) is 5.19. The average Bonchev–Trinajstić information content (AvgIpc) is 2.91. The van der Waals surface area contributed by atoms with E-state index in [0.717, 1.165) is 10.9 Å². The quantitative estimate of drug-likeness (QED) is 0.706. The van der Waals surface area contributed by atoms with Crippen LogP contribution in [0.1, 0.15) is 10.4 Å². The minimum atomic E-state index is -0.223. The number of H-pyrrole nitrogens is 1. The maximum atomic E-state index is 12.4. The van der Waals surface area contributed by atoms with Crippen molar-refractivity contribution in [2.75, 3.05) is 5.32 Å². The first kappa shape index (κ1) is 13.0. The molecule has 2 aromatic carbocycles. The molecule has 3 aromatic rings. The highest BCUT2D eigenvalue weighted by Gasteiger charge is 2.12. The van der Waals surface area contributed by atoms with Crippen molar-refractivity contribution in [3.63, 3.8) is 0 Å². The molecule has 100 valence electrons. The van der Waals surface area contributed by atoms with Crippen LogP contribution >= 0.6 is 23.2 Å². The van der Waals surface area contributed by atoms with Gasteiger partial charge in [0.25, 0.3) is 5.91 Å². The number of amides is 1. The summed E-state index contributed by atoms with van der Waals surface area (Å²) in [6.07, 6.45) is 1.80. The van der Waals surface area contributed by atoms with Crippen LogP contribution in [0.2, 0.25) is 10.0 Å². The van der Waals surface area contributed by atoms with Crippen LogP contribution in [-0.2, 0) is 0 Å². The number of fused-ring (bicyclic) bond motifs is 1. The van der Waals surface area contributed by atoms with Gasteiger partial charge in [0.1, 0.15) is 0 Å². The summed E-state index contributed by atoms with van der Waals surface area (Å²) in [5.74, 6) is -0.223. The monoisotopic (exact) mass is 304 g/mol. The molecule has 1 heterocycles. The third kappa shape index (κ3) is 2.38. The van der Waals surface area contributed by atoms with Crippen molar-refractivity contribution >= 4 is 45.7 Å². The Bertz CT molecular complexity index is 795. The topological polar surface area (TPSA) is 44.9 Å². The molecule has 0 aliphatic rings. The van der Waals surface area contributed by atoms with E-state index >= 15 is 0 Å². The lowest BCUT2D eigenvalue weighted by molar-refractivity contribution is 0.102. The SMILES string of the molecule is O=C(Nc1cc(Cl)ccc1Cl)c1cccc2[nH]ccc12. The molecular formula is C15H10Cl2N2O. The van der Waals surface area contributed by atoms with Gasteiger partial charge in [-0.25, -0.2) is 0 Å². The Balaban J connectivity index is 1.97. The summed E-state index contributed by atoms with van der Waals surface area (Å²) < 4.78 is 0. The van der Waals surface area contributed by atoms with Crippen LogP contribution in [0.25, 0.3) is 10.9 Å². The molecule has 2 N–H and O–H groups in total. The van der Waals surface area contributed by atoms with E-state index in [2.05, 4.69) is 10.3 Å². The van der Waals surface area contributed by atoms with Crippen molar-refractivity contribution in [1.82, 2.24) is 4.98 Å². The van der Waals surface area contributed by atoms with Gasteiger partial charge in [0.15, 0.2) is 0 Å². The van der Waals surface area contributed by atoms with Crippen LogP contribution in [0.4, 0.5) is 5.69 Å². The number of aromatic nitrogens is 1. The Morgan fingerprint density at radius 1 is 1.10 bits per heavy atom.